The normalized spacial score (nSPS) is 13.6. The third kappa shape index (κ3) is 6.62. The quantitative estimate of drug-likeness (QED) is 0.219. The molecule has 1 aliphatic heterocycles. The highest BCUT2D eigenvalue weighted by Gasteiger charge is 2.34. The van der Waals surface area contributed by atoms with Crippen molar-refractivity contribution in [3.63, 3.8) is 0 Å². The summed E-state index contributed by atoms with van der Waals surface area (Å²) in [6.45, 7) is 3.34. The Bertz CT molecular complexity index is 1710. The number of hydrogen-bond donors (Lipinski definition) is 0. The van der Waals surface area contributed by atoms with Crippen LogP contribution in [0.3, 0.4) is 0 Å². The van der Waals surface area contributed by atoms with Gasteiger partial charge in [-0.3, -0.25) is 9.59 Å². The fourth-order valence-corrected chi connectivity index (χ4v) is 6.10. The van der Waals surface area contributed by atoms with Crippen molar-refractivity contribution in [3.05, 3.63) is 136 Å². The molecule has 0 aliphatic carbocycles. The summed E-state index contributed by atoms with van der Waals surface area (Å²) in [6, 6.07) is 25.3. The molecule has 2 aromatic heterocycles. The Kier molecular flexibility index (Phi) is 8.51. The summed E-state index contributed by atoms with van der Waals surface area (Å²) in [7, 11) is 0. The standard InChI is InChI=1S/C34H32N6O2S/c1-25-32(43-24-36-25)15-16-33(41)39(20-27-11-13-30(14-12-27)40-23-35-22-37-40)31(19-26-7-3-2-4-8-26)34(42)38-18-17-28-9-5-6-10-29(28)21-38/h2-16,22-24,31H,17-21H2,1H3. The van der Waals surface area contributed by atoms with E-state index < -0.39 is 6.04 Å². The molecule has 0 saturated heterocycles. The molecule has 0 fully saturated rings. The second-order valence-corrected chi connectivity index (χ2v) is 11.5. The molecule has 216 valence electrons. The van der Waals surface area contributed by atoms with Crippen LogP contribution in [0, 0.1) is 6.92 Å². The first-order valence-corrected chi connectivity index (χ1v) is 15.2. The van der Waals surface area contributed by atoms with E-state index in [0.29, 0.717) is 19.5 Å². The molecular weight excluding hydrogens is 556 g/mol. The van der Waals surface area contributed by atoms with Crippen molar-refractivity contribution in [3.8, 4) is 5.69 Å². The Hall–Kier alpha value is -4.89. The molecule has 1 atom stereocenters. The molecule has 0 spiro atoms. The summed E-state index contributed by atoms with van der Waals surface area (Å²) < 4.78 is 1.68. The first-order valence-electron chi connectivity index (χ1n) is 14.3. The zero-order valence-corrected chi connectivity index (χ0v) is 24.7. The smallest absolute Gasteiger partial charge is 0.247 e. The number of amides is 2. The molecule has 9 heteroatoms. The van der Waals surface area contributed by atoms with Gasteiger partial charge in [-0.2, -0.15) is 5.10 Å². The van der Waals surface area contributed by atoms with Gasteiger partial charge < -0.3 is 9.80 Å². The van der Waals surface area contributed by atoms with E-state index >= 15 is 0 Å². The largest absolute Gasteiger partial charge is 0.336 e. The molecule has 0 N–H and O–H groups in total. The van der Waals surface area contributed by atoms with E-state index in [4.69, 9.17) is 0 Å². The van der Waals surface area contributed by atoms with Crippen molar-refractivity contribution in [2.45, 2.75) is 38.9 Å². The monoisotopic (exact) mass is 588 g/mol. The fourth-order valence-electron chi connectivity index (χ4n) is 5.41. The number of hydrogen-bond acceptors (Lipinski definition) is 6. The van der Waals surface area contributed by atoms with Crippen molar-refractivity contribution in [2.75, 3.05) is 6.54 Å². The first-order chi connectivity index (χ1) is 21.0. The maximum absolute atomic E-state index is 14.4. The highest BCUT2D eigenvalue weighted by atomic mass is 32.1. The van der Waals surface area contributed by atoms with Gasteiger partial charge in [0, 0.05) is 37.0 Å². The molecule has 3 heterocycles. The average Bonchev–Trinajstić information content (AvgIpc) is 3.74. The summed E-state index contributed by atoms with van der Waals surface area (Å²) in [4.78, 5) is 41.4. The fraction of sp³-hybridized carbons (Fsp3) is 0.206. The Labute approximate surface area is 255 Å². The Morgan fingerprint density at radius 1 is 0.977 bits per heavy atom. The molecule has 8 nitrogen and oxygen atoms in total. The van der Waals surface area contributed by atoms with Crippen LogP contribution in [0.1, 0.15) is 32.8 Å². The molecule has 0 radical (unpaired) electrons. The summed E-state index contributed by atoms with van der Waals surface area (Å²) in [5, 5.41) is 4.20. The maximum atomic E-state index is 14.4. The molecule has 43 heavy (non-hydrogen) atoms. The number of fused-ring (bicyclic) bond motifs is 1. The zero-order chi connectivity index (χ0) is 29.6. The van der Waals surface area contributed by atoms with Crippen LogP contribution in [0.5, 0.6) is 0 Å². The predicted octanol–water partition coefficient (Wildman–Crippen LogP) is 5.27. The lowest BCUT2D eigenvalue weighted by atomic mass is 9.97. The lowest BCUT2D eigenvalue weighted by Crippen LogP contribution is -2.52. The van der Waals surface area contributed by atoms with E-state index in [1.54, 1.807) is 33.6 Å². The van der Waals surface area contributed by atoms with Gasteiger partial charge in [0.1, 0.15) is 18.7 Å². The second kappa shape index (κ2) is 13.0. The van der Waals surface area contributed by atoms with Gasteiger partial charge >= 0.3 is 0 Å². The van der Waals surface area contributed by atoms with Crippen LogP contribution in [0.2, 0.25) is 0 Å². The van der Waals surface area contributed by atoms with Gasteiger partial charge in [-0.05, 0) is 53.8 Å². The molecule has 3 aromatic carbocycles. The SMILES string of the molecule is Cc1ncsc1C=CC(=O)N(Cc1ccc(-n2cncn2)cc1)C(Cc1ccccc1)C(=O)N1CCc2ccccc2C1. The van der Waals surface area contributed by atoms with Crippen molar-refractivity contribution < 1.29 is 9.59 Å². The zero-order valence-electron chi connectivity index (χ0n) is 23.9. The number of aromatic nitrogens is 4. The van der Waals surface area contributed by atoms with Crippen LogP contribution in [0.4, 0.5) is 0 Å². The molecule has 0 saturated carbocycles. The topological polar surface area (TPSA) is 84.2 Å². The van der Waals surface area contributed by atoms with Gasteiger partial charge in [-0.1, -0.05) is 66.7 Å². The third-order valence-electron chi connectivity index (χ3n) is 7.79. The van der Waals surface area contributed by atoms with Crippen molar-refractivity contribution in [1.82, 2.24) is 29.5 Å². The molecule has 1 aliphatic rings. The Balaban J connectivity index is 1.34. The van der Waals surface area contributed by atoms with Crippen LogP contribution >= 0.6 is 11.3 Å². The van der Waals surface area contributed by atoms with Crippen LogP contribution < -0.4 is 0 Å². The van der Waals surface area contributed by atoms with E-state index in [0.717, 1.165) is 39.4 Å². The highest BCUT2D eigenvalue weighted by molar-refractivity contribution is 7.10. The van der Waals surface area contributed by atoms with Gasteiger partial charge in [0.15, 0.2) is 0 Å². The molecule has 2 amide bonds. The Morgan fingerprint density at radius 3 is 2.47 bits per heavy atom. The molecule has 5 aromatic rings. The van der Waals surface area contributed by atoms with Crippen LogP contribution in [0.25, 0.3) is 11.8 Å². The summed E-state index contributed by atoms with van der Waals surface area (Å²) in [6.07, 6.45) is 7.71. The van der Waals surface area contributed by atoms with E-state index in [2.05, 4.69) is 27.2 Å². The van der Waals surface area contributed by atoms with E-state index in [-0.39, 0.29) is 18.4 Å². The molecule has 6 rings (SSSR count). The molecular formula is C34H32N6O2S. The van der Waals surface area contributed by atoms with Crippen LogP contribution in [-0.4, -0.2) is 53.9 Å². The maximum Gasteiger partial charge on any atom is 0.247 e. The minimum Gasteiger partial charge on any atom is -0.336 e. The number of thiazole rings is 1. The van der Waals surface area contributed by atoms with E-state index in [1.807, 2.05) is 78.6 Å². The van der Waals surface area contributed by atoms with Crippen molar-refractivity contribution in [2.24, 2.45) is 0 Å². The summed E-state index contributed by atoms with van der Waals surface area (Å²) >= 11 is 1.48. The van der Waals surface area contributed by atoms with Gasteiger partial charge in [0.05, 0.1) is 16.9 Å². The lowest BCUT2D eigenvalue weighted by Gasteiger charge is -2.37. The van der Waals surface area contributed by atoms with Gasteiger partial charge in [0.25, 0.3) is 0 Å². The number of benzene rings is 3. The van der Waals surface area contributed by atoms with Crippen molar-refractivity contribution >= 4 is 29.2 Å². The second-order valence-electron chi connectivity index (χ2n) is 10.6. The number of rotatable bonds is 9. The predicted molar refractivity (Wildman–Crippen MR) is 167 cm³/mol. The minimum absolute atomic E-state index is 0.0479. The minimum atomic E-state index is -0.692. The number of aryl methyl sites for hydroxylation is 1. The van der Waals surface area contributed by atoms with Gasteiger partial charge in [-0.15, -0.1) is 11.3 Å². The number of nitrogens with zero attached hydrogens (tertiary/aromatic N) is 6. The average molecular weight is 589 g/mol. The summed E-state index contributed by atoms with van der Waals surface area (Å²) in [5.41, 5.74) is 7.84. The molecule has 1 unspecified atom stereocenters. The van der Waals surface area contributed by atoms with E-state index in [1.165, 1.54) is 23.2 Å². The van der Waals surface area contributed by atoms with Crippen LogP contribution in [0.15, 0.2) is 103 Å². The summed E-state index contributed by atoms with van der Waals surface area (Å²) in [5.74, 6) is -0.270. The number of carbonyl (C=O) groups is 2. The lowest BCUT2D eigenvalue weighted by molar-refractivity contribution is -0.144. The third-order valence-corrected chi connectivity index (χ3v) is 8.69. The number of carbonyl (C=O) groups excluding carboxylic acids is 2. The van der Waals surface area contributed by atoms with Crippen molar-refractivity contribution in [1.29, 1.82) is 0 Å². The van der Waals surface area contributed by atoms with Gasteiger partial charge in [-0.25, -0.2) is 14.6 Å². The van der Waals surface area contributed by atoms with Gasteiger partial charge in [0.2, 0.25) is 11.8 Å². The highest BCUT2D eigenvalue weighted by Crippen LogP contribution is 2.24. The van der Waals surface area contributed by atoms with E-state index in [9.17, 15) is 9.59 Å². The molecule has 0 bridgehead atoms. The first kappa shape index (κ1) is 28.2. The van der Waals surface area contributed by atoms with Crippen LogP contribution in [-0.2, 0) is 35.5 Å². The Morgan fingerprint density at radius 2 is 1.74 bits per heavy atom.